The first-order valence-corrected chi connectivity index (χ1v) is 6.73. The van der Waals surface area contributed by atoms with E-state index in [4.69, 9.17) is 5.11 Å². The van der Waals surface area contributed by atoms with Gasteiger partial charge in [0.25, 0.3) is 0 Å². The zero-order valence-electron chi connectivity index (χ0n) is 12.2. The van der Waals surface area contributed by atoms with E-state index >= 15 is 0 Å². The number of hydrogen-bond acceptors (Lipinski definition) is 3. The molecule has 0 aromatic heterocycles. The third-order valence-electron chi connectivity index (χ3n) is 3.41. The van der Waals surface area contributed by atoms with E-state index in [1.54, 1.807) is 16.8 Å². The highest BCUT2D eigenvalue weighted by atomic mass is 16.4. The Hall–Kier alpha value is -1.88. The SMILES string of the molecule is CCC(C)N(CC(=O)O)CC(=O)N(C)c1ccccc1. The minimum atomic E-state index is -0.916. The zero-order chi connectivity index (χ0) is 15.1. The zero-order valence-corrected chi connectivity index (χ0v) is 12.2. The molecule has 0 saturated heterocycles. The van der Waals surface area contributed by atoms with Crippen LogP contribution in [0, 0.1) is 0 Å². The Morgan fingerprint density at radius 1 is 1.20 bits per heavy atom. The first-order valence-electron chi connectivity index (χ1n) is 6.73. The van der Waals surface area contributed by atoms with Gasteiger partial charge in [-0.2, -0.15) is 0 Å². The average Bonchev–Trinajstić information content (AvgIpc) is 2.45. The molecule has 1 aromatic rings. The highest BCUT2D eigenvalue weighted by Crippen LogP contribution is 2.12. The number of carbonyl (C=O) groups is 2. The summed E-state index contributed by atoms with van der Waals surface area (Å²) >= 11 is 0. The molecule has 0 radical (unpaired) electrons. The van der Waals surface area contributed by atoms with Crippen LogP contribution >= 0.6 is 0 Å². The van der Waals surface area contributed by atoms with Gasteiger partial charge in [0.05, 0.1) is 13.1 Å². The van der Waals surface area contributed by atoms with Gasteiger partial charge in [-0.3, -0.25) is 14.5 Å². The van der Waals surface area contributed by atoms with Gasteiger partial charge in [0, 0.05) is 18.8 Å². The molecule has 0 heterocycles. The molecular weight excluding hydrogens is 256 g/mol. The van der Waals surface area contributed by atoms with E-state index in [0.717, 1.165) is 12.1 Å². The Bertz CT molecular complexity index is 448. The number of nitrogens with zero attached hydrogens (tertiary/aromatic N) is 2. The first kappa shape index (κ1) is 16.2. The van der Waals surface area contributed by atoms with Gasteiger partial charge in [-0.1, -0.05) is 25.1 Å². The van der Waals surface area contributed by atoms with Gasteiger partial charge in [-0.25, -0.2) is 0 Å². The van der Waals surface area contributed by atoms with Gasteiger partial charge in [-0.05, 0) is 25.5 Å². The monoisotopic (exact) mass is 278 g/mol. The van der Waals surface area contributed by atoms with E-state index in [0.29, 0.717) is 0 Å². The van der Waals surface area contributed by atoms with Crippen molar-refractivity contribution in [3.05, 3.63) is 30.3 Å². The predicted molar refractivity (Wildman–Crippen MR) is 78.8 cm³/mol. The van der Waals surface area contributed by atoms with Crippen LogP contribution in [0.3, 0.4) is 0 Å². The second-order valence-electron chi connectivity index (χ2n) is 4.84. The molecule has 0 aliphatic heterocycles. The van der Waals surface area contributed by atoms with Crippen LogP contribution < -0.4 is 4.90 Å². The van der Waals surface area contributed by atoms with Crippen LogP contribution in [0.15, 0.2) is 30.3 Å². The van der Waals surface area contributed by atoms with Gasteiger partial charge < -0.3 is 10.0 Å². The van der Waals surface area contributed by atoms with Crippen LogP contribution in [0.1, 0.15) is 20.3 Å². The van der Waals surface area contributed by atoms with Crippen molar-refractivity contribution >= 4 is 17.6 Å². The lowest BCUT2D eigenvalue weighted by molar-refractivity contribution is -0.139. The fourth-order valence-corrected chi connectivity index (χ4v) is 1.87. The van der Waals surface area contributed by atoms with E-state index in [-0.39, 0.29) is 25.0 Å². The molecule has 5 heteroatoms. The fraction of sp³-hybridized carbons (Fsp3) is 0.467. The predicted octanol–water partition coefficient (Wildman–Crippen LogP) is 1.83. The maximum atomic E-state index is 12.2. The molecule has 1 N–H and O–H groups in total. The van der Waals surface area contributed by atoms with E-state index in [2.05, 4.69) is 0 Å². The summed E-state index contributed by atoms with van der Waals surface area (Å²) in [5, 5.41) is 8.93. The van der Waals surface area contributed by atoms with Gasteiger partial charge in [-0.15, -0.1) is 0 Å². The van der Waals surface area contributed by atoms with Crippen molar-refractivity contribution in [1.82, 2.24) is 4.90 Å². The molecule has 0 spiro atoms. The molecule has 0 saturated carbocycles. The third kappa shape index (κ3) is 4.66. The number of rotatable bonds is 7. The second-order valence-corrected chi connectivity index (χ2v) is 4.84. The second kappa shape index (κ2) is 7.65. The number of carbonyl (C=O) groups excluding carboxylic acids is 1. The van der Waals surface area contributed by atoms with Crippen molar-refractivity contribution in [3.63, 3.8) is 0 Å². The lowest BCUT2D eigenvalue weighted by atomic mass is 10.2. The molecule has 0 fully saturated rings. The molecule has 1 amide bonds. The van der Waals surface area contributed by atoms with Crippen LogP contribution in [0.25, 0.3) is 0 Å². The summed E-state index contributed by atoms with van der Waals surface area (Å²) in [7, 11) is 1.70. The lowest BCUT2D eigenvalue weighted by Gasteiger charge is -2.28. The maximum Gasteiger partial charge on any atom is 0.317 e. The third-order valence-corrected chi connectivity index (χ3v) is 3.41. The van der Waals surface area contributed by atoms with Crippen LogP contribution in [0.2, 0.25) is 0 Å². The molecule has 0 aliphatic rings. The summed E-state index contributed by atoms with van der Waals surface area (Å²) in [6.07, 6.45) is 0.801. The molecule has 0 aliphatic carbocycles. The molecule has 1 atom stereocenters. The molecule has 20 heavy (non-hydrogen) atoms. The molecule has 110 valence electrons. The van der Waals surface area contributed by atoms with E-state index < -0.39 is 5.97 Å². The molecule has 1 aromatic carbocycles. The van der Waals surface area contributed by atoms with Crippen molar-refractivity contribution < 1.29 is 14.7 Å². The van der Waals surface area contributed by atoms with Gasteiger partial charge in [0.2, 0.25) is 5.91 Å². The van der Waals surface area contributed by atoms with Crippen LogP contribution in [0.5, 0.6) is 0 Å². The molecule has 1 unspecified atom stereocenters. The topological polar surface area (TPSA) is 60.9 Å². The summed E-state index contributed by atoms with van der Waals surface area (Å²) in [6.45, 7) is 3.89. The number of carboxylic acids is 1. The molecule has 0 bridgehead atoms. The number of anilines is 1. The summed E-state index contributed by atoms with van der Waals surface area (Å²) in [6, 6.07) is 9.37. The van der Waals surface area contributed by atoms with Gasteiger partial charge >= 0.3 is 5.97 Å². The quantitative estimate of drug-likeness (QED) is 0.826. The Morgan fingerprint density at radius 3 is 2.30 bits per heavy atom. The van der Waals surface area contributed by atoms with Gasteiger partial charge in [0.15, 0.2) is 0 Å². The summed E-state index contributed by atoms with van der Waals surface area (Å²) in [4.78, 5) is 26.4. The summed E-state index contributed by atoms with van der Waals surface area (Å²) < 4.78 is 0. The highest BCUT2D eigenvalue weighted by molar-refractivity contribution is 5.94. The Balaban J connectivity index is 2.72. The van der Waals surface area contributed by atoms with Crippen molar-refractivity contribution in [2.24, 2.45) is 0 Å². The Labute approximate surface area is 119 Å². The van der Waals surface area contributed by atoms with Crippen molar-refractivity contribution in [1.29, 1.82) is 0 Å². The van der Waals surface area contributed by atoms with Crippen molar-refractivity contribution in [2.75, 3.05) is 25.0 Å². The molecular formula is C15H22N2O3. The number of carboxylic acid groups (broad SMARTS) is 1. The first-order chi connectivity index (χ1) is 9.45. The van der Waals surface area contributed by atoms with E-state index in [1.807, 2.05) is 44.2 Å². The van der Waals surface area contributed by atoms with E-state index in [9.17, 15) is 9.59 Å². The minimum absolute atomic E-state index is 0.0548. The number of benzene rings is 1. The van der Waals surface area contributed by atoms with Crippen LogP contribution in [-0.2, 0) is 9.59 Å². The van der Waals surface area contributed by atoms with E-state index in [1.165, 1.54) is 0 Å². The number of para-hydroxylation sites is 1. The smallest absolute Gasteiger partial charge is 0.317 e. The number of likely N-dealkylation sites (N-methyl/N-ethyl adjacent to an activating group) is 1. The average molecular weight is 278 g/mol. The Kier molecular flexibility index (Phi) is 6.18. The lowest BCUT2D eigenvalue weighted by Crippen LogP contribution is -2.44. The largest absolute Gasteiger partial charge is 0.480 e. The standard InChI is InChI=1S/C15H22N2O3/c1-4-12(2)17(11-15(19)20)10-14(18)16(3)13-8-6-5-7-9-13/h5-9,12H,4,10-11H2,1-3H3,(H,19,20). The minimum Gasteiger partial charge on any atom is -0.480 e. The normalized spacial score (nSPS) is 12.2. The van der Waals surface area contributed by atoms with Crippen LogP contribution in [0.4, 0.5) is 5.69 Å². The van der Waals surface area contributed by atoms with Crippen molar-refractivity contribution in [3.8, 4) is 0 Å². The fourth-order valence-electron chi connectivity index (χ4n) is 1.87. The summed E-state index contributed by atoms with van der Waals surface area (Å²) in [5.74, 6) is -1.03. The highest BCUT2D eigenvalue weighted by Gasteiger charge is 2.21. The van der Waals surface area contributed by atoms with Gasteiger partial charge in [0.1, 0.15) is 0 Å². The van der Waals surface area contributed by atoms with Crippen molar-refractivity contribution in [2.45, 2.75) is 26.3 Å². The van der Waals surface area contributed by atoms with Crippen LogP contribution in [-0.4, -0.2) is 48.1 Å². The Morgan fingerprint density at radius 2 is 1.80 bits per heavy atom. The molecule has 1 rings (SSSR count). The molecule has 5 nitrogen and oxygen atoms in total. The maximum absolute atomic E-state index is 12.2. The number of aliphatic carboxylic acids is 1. The summed E-state index contributed by atoms with van der Waals surface area (Å²) in [5.41, 5.74) is 0.803. The number of hydrogen-bond donors (Lipinski definition) is 1. The number of amides is 1.